The number of nitrogens with zero attached hydrogens (tertiary/aromatic N) is 1. The summed E-state index contributed by atoms with van der Waals surface area (Å²) >= 11 is 3.78. The van der Waals surface area contributed by atoms with Gasteiger partial charge in [-0.1, -0.05) is 19.1 Å². The van der Waals surface area contributed by atoms with Crippen LogP contribution in [-0.2, 0) is 21.2 Å². The minimum atomic E-state index is -3.59. The first kappa shape index (κ1) is 14.6. The summed E-state index contributed by atoms with van der Waals surface area (Å²) in [5.74, 6) is 0. The van der Waals surface area contributed by atoms with E-state index in [2.05, 4.69) is 12.6 Å². The molecule has 104 valence electrons. The molecule has 19 heavy (non-hydrogen) atoms. The molecule has 6 heteroatoms. The summed E-state index contributed by atoms with van der Waals surface area (Å²) in [7, 11) is -3.59. The number of sulfonamides is 1. The molecule has 0 bridgehead atoms. The average molecular weight is 299 g/mol. The summed E-state index contributed by atoms with van der Waals surface area (Å²) in [4.78, 5) is 11.6. The fourth-order valence-corrected chi connectivity index (χ4v) is 4.31. The lowest BCUT2D eigenvalue weighted by Gasteiger charge is -2.21. The lowest BCUT2D eigenvalue weighted by atomic mass is 10.2. The van der Waals surface area contributed by atoms with E-state index in [1.54, 1.807) is 24.3 Å². The molecule has 1 aromatic rings. The van der Waals surface area contributed by atoms with Crippen LogP contribution in [0.25, 0.3) is 0 Å². The van der Waals surface area contributed by atoms with Crippen LogP contribution in [0.3, 0.4) is 0 Å². The molecule has 1 aliphatic heterocycles. The Kier molecular flexibility index (Phi) is 4.32. The van der Waals surface area contributed by atoms with Crippen molar-refractivity contribution in [3.8, 4) is 0 Å². The van der Waals surface area contributed by atoms with Crippen LogP contribution in [0.1, 0.15) is 25.3 Å². The second-order valence-corrected chi connectivity index (χ2v) is 6.94. The Morgan fingerprint density at radius 1 is 1.37 bits per heavy atom. The molecule has 2 rings (SSSR count). The lowest BCUT2D eigenvalue weighted by molar-refractivity contribution is -0.113. The molecule has 1 fully saturated rings. The van der Waals surface area contributed by atoms with Gasteiger partial charge in [0.1, 0.15) is 0 Å². The highest BCUT2D eigenvalue weighted by molar-refractivity contribution is 7.97. The van der Waals surface area contributed by atoms with Crippen molar-refractivity contribution in [1.29, 1.82) is 0 Å². The highest BCUT2D eigenvalue weighted by atomic mass is 32.2. The highest BCUT2D eigenvalue weighted by Gasteiger charge is 2.38. The van der Waals surface area contributed by atoms with Gasteiger partial charge in [-0.3, -0.25) is 4.79 Å². The van der Waals surface area contributed by atoms with E-state index < -0.39 is 16.1 Å². The summed E-state index contributed by atoms with van der Waals surface area (Å²) in [5, 5.41) is -0.383. The Morgan fingerprint density at radius 3 is 2.53 bits per heavy atom. The minimum Gasteiger partial charge on any atom is -0.286 e. The number of aryl methyl sites for hydroxylation is 1. The fourth-order valence-electron chi connectivity index (χ4n) is 2.31. The molecule has 0 aromatic heterocycles. The molecule has 0 aliphatic carbocycles. The van der Waals surface area contributed by atoms with Crippen molar-refractivity contribution in [3.05, 3.63) is 29.8 Å². The zero-order valence-electron chi connectivity index (χ0n) is 10.7. The summed E-state index contributed by atoms with van der Waals surface area (Å²) in [5.41, 5.74) is 1.09. The molecule has 1 aliphatic rings. The maximum absolute atomic E-state index is 12.5. The Labute approximate surface area is 119 Å². The standard InChI is InChI=1S/C13H17NO3S2/c1-2-10-5-7-11(8-6-10)19(16,17)14-9-3-4-12(14)13(15)18/h5-8,12H,2-4,9H2,1H3,(H,15,18)/t12-/m0/s1. The second-order valence-electron chi connectivity index (χ2n) is 4.61. The van der Waals surface area contributed by atoms with Crippen molar-refractivity contribution < 1.29 is 13.2 Å². The average Bonchev–Trinajstić information content (AvgIpc) is 2.89. The predicted octanol–water partition coefficient (Wildman–Crippen LogP) is 1.86. The van der Waals surface area contributed by atoms with Gasteiger partial charge in [-0.15, -0.1) is 12.6 Å². The van der Waals surface area contributed by atoms with Crippen LogP contribution in [0, 0.1) is 0 Å². The van der Waals surface area contributed by atoms with Gasteiger partial charge in [0.15, 0.2) is 0 Å². The SMILES string of the molecule is CCc1ccc(S(=O)(=O)N2CCC[C@H]2C(=O)S)cc1. The predicted molar refractivity (Wildman–Crippen MR) is 76.7 cm³/mol. The Hall–Kier alpha value is -0.850. The third-order valence-corrected chi connectivity index (χ3v) is 5.65. The van der Waals surface area contributed by atoms with Gasteiger partial charge >= 0.3 is 0 Å². The first-order chi connectivity index (χ1) is 8.96. The number of carbonyl (C=O) groups excluding carboxylic acids is 1. The number of hydrogen-bond acceptors (Lipinski definition) is 3. The molecule has 1 saturated heterocycles. The van der Waals surface area contributed by atoms with Gasteiger partial charge in [0.2, 0.25) is 15.1 Å². The van der Waals surface area contributed by atoms with E-state index in [-0.39, 0.29) is 10.0 Å². The number of carbonyl (C=O) groups is 1. The van der Waals surface area contributed by atoms with E-state index in [9.17, 15) is 13.2 Å². The maximum atomic E-state index is 12.5. The molecule has 1 aromatic carbocycles. The molecule has 1 heterocycles. The van der Waals surface area contributed by atoms with Crippen LogP contribution in [0.4, 0.5) is 0 Å². The fraction of sp³-hybridized carbons (Fsp3) is 0.462. The van der Waals surface area contributed by atoms with Crippen molar-refractivity contribution in [2.45, 2.75) is 37.1 Å². The monoisotopic (exact) mass is 299 g/mol. The normalized spacial score (nSPS) is 20.6. The van der Waals surface area contributed by atoms with Gasteiger partial charge in [0, 0.05) is 6.54 Å². The molecule has 0 saturated carbocycles. The Balaban J connectivity index is 2.33. The van der Waals surface area contributed by atoms with Crippen LogP contribution in [-0.4, -0.2) is 30.4 Å². The summed E-state index contributed by atoms with van der Waals surface area (Å²) in [6.07, 6.45) is 2.11. The van der Waals surface area contributed by atoms with E-state index in [4.69, 9.17) is 0 Å². The Morgan fingerprint density at radius 2 is 2.00 bits per heavy atom. The van der Waals surface area contributed by atoms with Crippen LogP contribution < -0.4 is 0 Å². The topological polar surface area (TPSA) is 54.5 Å². The minimum absolute atomic E-state index is 0.242. The quantitative estimate of drug-likeness (QED) is 0.863. The van der Waals surface area contributed by atoms with Crippen LogP contribution in [0.5, 0.6) is 0 Å². The van der Waals surface area contributed by atoms with Crippen molar-refractivity contribution in [2.75, 3.05) is 6.54 Å². The first-order valence-corrected chi connectivity index (χ1v) is 8.19. The smallest absolute Gasteiger partial charge is 0.243 e. The third-order valence-electron chi connectivity index (χ3n) is 3.43. The van der Waals surface area contributed by atoms with E-state index in [0.29, 0.717) is 19.4 Å². The second kappa shape index (κ2) is 5.64. The molecule has 0 spiro atoms. The number of rotatable bonds is 4. The largest absolute Gasteiger partial charge is 0.286 e. The summed E-state index contributed by atoms with van der Waals surface area (Å²) in [6.45, 7) is 2.40. The number of benzene rings is 1. The molecule has 0 amide bonds. The van der Waals surface area contributed by atoms with Gasteiger partial charge < -0.3 is 0 Å². The third kappa shape index (κ3) is 2.85. The van der Waals surface area contributed by atoms with Crippen molar-refractivity contribution >= 4 is 27.8 Å². The molecule has 4 nitrogen and oxygen atoms in total. The lowest BCUT2D eigenvalue weighted by Crippen LogP contribution is -2.38. The van der Waals surface area contributed by atoms with Crippen LogP contribution in [0.15, 0.2) is 29.2 Å². The van der Waals surface area contributed by atoms with Crippen molar-refractivity contribution in [3.63, 3.8) is 0 Å². The zero-order valence-corrected chi connectivity index (χ0v) is 12.5. The number of hydrogen-bond donors (Lipinski definition) is 1. The summed E-state index contributed by atoms with van der Waals surface area (Å²) in [6, 6.07) is 6.19. The maximum Gasteiger partial charge on any atom is 0.243 e. The van der Waals surface area contributed by atoms with Crippen LogP contribution >= 0.6 is 12.6 Å². The van der Waals surface area contributed by atoms with Gasteiger partial charge in [-0.25, -0.2) is 8.42 Å². The van der Waals surface area contributed by atoms with Gasteiger partial charge in [-0.2, -0.15) is 4.31 Å². The highest BCUT2D eigenvalue weighted by Crippen LogP contribution is 2.27. The molecular formula is C13H17NO3S2. The molecule has 0 radical (unpaired) electrons. The molecule has 0 unspecified atom stereocenters. The van der Waals surface area contributed by atoms with Gasteiger partial charge in [0.05, 0.1) is 10.9 Å². The zero-order chi connectivity index (χ0) is 14.0. The number of thiol groups is 1. The van der Waals surface area contributed by atoms with Crippen molar-refractivity contribution in [2.24, 2.45) is 0 Å². The molecular weight excluding hydrogens is 282 g/mol. The molecule has 1 atom stereocenters. The van der Waals surface area contributed by atoms with E-state index in [1.807, 2.05) is 6.92 Å². The van der Waals surface area contributed by atoms with Gasteiger partial charge in [-0.05, 0) is 37.0 Å². The van der Waals surface area contributed by atoms with Crippen LogP contribution in [0.2, 0.25) is 0 Å². The Bertz CT molecular complexity index is 566. The van der Waals surface area contributed by atoms with E-state index >= 15 is 0 Å². The first-order valence-electron chi connectivity index (χ1n) is 6.30. The molecule has 0 N–H and O–H groups in total. The van der Waals surface area contributed by atoms with E-state index in [1.165, 1.54) is 4.31 Å². The van der Waals surface area contributed by atoms with E-state index in [0.717, 1.165) is 12.0 Å². The summed E-state index contributed by atoms with van der Waals surface area (Å²) < 4.78 is 26.2. The van der Waals surface area contributed by atoms with Crippen molar-refractivity contribution in [1.82, 2.24) is 4.31 Å². The van der Waals surface area contributed by atoms with Gasteiger partial charge in [0.25, 0.3) is 0 Å².